The van der Waals surface area contributed by atoms with Gasteiger partial charge in [0, 0.05) is 19.0 Å². The predicted molar refractivity (Wildman–Crippen MR) is 125 cm³/mol. The van der Waals surface area contributed by atoms with Gasteiger partial charge < -0.3 is 19.7 Å². The first-order valence-electron chi connectivity index (χ1n) is 11.4. The highest BCUT2D eigenvalue weighted by Crippen LogP contribution is 2.31. The third-order valence-corrected chi connectivity index (χ3v) is 5.49. The van der Waals surface area contributed by atoms with Crippen LogP contribution in [-0.4, -0.2) is 42.0 Å². The van der Waals surface area contributed by atoms with Crippen LogP contribution in [0.4, 0.5) is 0 Å². The zero-order valence-electron chi connectivity index (χ0n) is 19.5. The molecule has 0 radical (unpaired) electrons. The van der Waals surface area contributed by atoms with Crippen LogP contribution in [-0.2, 0) is 22.6 Å². The van der Waals surface area contributed by atoms with E-state index in [4.69, 9.17) is 9.47 Å². The number of hydrogen-bond donors (Lipinski definition) is 1. The summed E-state index contributed by atoms with van der Waals surface area (Å²) in [5, 5.41) is 2.97. The molecule has 6 nitrogen and oxygen atoms in total. The van der Waals surface area contributed by atoms with Crippen LogP contribution in [0.2, 0.25) is 0 Å². The number of aryl methyl sites for hydroxylation is 2. The largest absolute Gasteiger partial charge is 0.486 e. The van der Waals surface area contributed by atoms with Gasteiger partial charge in [0.05, 0.1) is 0 Å². The van der Waals surface area contributed by atoms with Crippen molar-refractivity contribution < 1.29 is 19.1 Å². The van der Waals surface area contributed by atoms with Gasteiger partial charge in [-0.3, -0.25) is 9.59 Å². The standard InChI is InChI=1S/C26H34N2O4/c1-5-22(26(30)27-18(2)3)28(17-21-8-6-7-19(4)15-21)25(29)12-10-20-9-11-23-24(16-20)32-14-13-31-23/h6-9,11,15-16,18,22H,5,10,12-14,17H2,1-4H3,(H,27,30). The number of hydrogen-bond acceptors (Lipinski definition) is 4. The van der Waals surface area contributed by atoms with E-state index >= 15 is 0 Å². The fraction of sp³-hybridized carbons (Fsp3) is 0.462. The average molecular weight is 439 g/mol. The molecule has 2 aromatic rings. The summed E-state index contributed by atoms with van der Waals surface area (Å²) >= 11 is 0. The van der Waals surface area contributed by atoms with Crippen molar-refractivity contribution in [2.75, 3.05) is 13.2 Å². The second-order valence-electron chi connectivity index (χ2n) is 8.58. The fourth-order valence-electron chi connectivity index (χ4n) is 3.95. The summed E-state index contributed by atoms with van der Waals surface area (Å²) in [5.41, 5.74) is 3.16. The van der Waals surface area contributed by atoms with Gasteiger partial charge in [0.15, 0.2) is 11.5 Å². The van der Waals surface area contributed by atoms with Crippen molar-refractivity contribution in [1.82, 2.24) is 10.2 Å². The second kappa shape index (κ2) is 11.0. The molecule has 0 saturated heterocycles. The minimum atomic E-state index is -0.509. The highest BCUT2D eigenvalue weighted by molar-refractivity contribution is 5.87. The summed E-state index contributed by atoms with van der Waals surface area (Å²) in [6.45, 7) is 9.32. The Morgan fingerprint density at radius 2 is 1.78 bits per heavy atom. The minimum Gasteiger partial charge on any atom is -0.486 e. The summed E-state index contributed by atoms with van der Waals surface area (Å²) in [5.74, 6) is 1.32. The third-order valence-electron chi connectivity index (χ3n) is 5.49. The van der Waals surface area contributed by atoms with E-state index in [1.54, 1.807) is 4.90 Å². The molecular weight excluding hydrogens is 404 g/mol. The van der Waals surface area contributed by atoms with Crippen LogP contribution < -0.4 is 14.8 Å². The number of nitrogens with one attached hydrogen (secondary N) is 1. The van der Waals surface area contributed by atoms with Crippen molar-refractivity contribution in [3.05, 3.63) is 59.2 Å². The molecule has 0 spiro atoms. The summed E-state index contributed by atoms with van der Waals surface area (Å²) in [4.78, 5) is 28.0. The normalized spacial score (nSPS) is 13.5. The molecule has 2 aromatic carbocycles. The van der Waals surface area contributed by atoms with Gasteiger partial charge in [0.1, 0.15) is 19.3 Å². The quantitative estimate of drug-likeness (QED) is 0.642. The number of amides is 2. The van der Waals surface area contributed by atoms with Crippen molar-refractivity contribution in [3.8, 4) is 11.5 Å². The zero-order chi connectivity index (χ0) is 23.1. The van der Waals surface area contributed by atoms with E-state index in [-0.39, 0.29) is 17.9 Å². The molecule has 1 atom stereocenters. The van der Waals surface area contributed by atoms with Gasteiger partial charge in [-0.25, -0.2) is 0 Å². The molecule has 0 saturated carbocycles. The first kappa shape index (κ1) is 23.6. The molecule has 6 heteroatoms. The number of carbonyl (C=O) groups excluding carboxylic acids is 2. The number of fused-ring (bicyclic) bond motifs is 1. The number of rotatable bonds is 9. The number of benzene rings is 2. The number of nitrogens with zero attached hydrogens (tertiary/aromatic N) is 1. The summed E-state index contributed by atoms with van der Waals surface area (Å²) in [6, 6.07) is 13.4. The van der Waals surface area contributed by atoms with Crippen LogP contribution in [0.25, 0.3) is 0 Å². The van der Waals surface area contributed by atoms with E-state index in [0.717, 1.165) is 28.2 Å². The monoisotopic (exact) mass is 438 g/mol. The number of ether oxygens (including phenoxy) is 2. The topological polar surface area (TPSA) is 67.9 Å². The van der Waals surface area contributed by atoms with Crippen LogP contribution in [0.3, 0.4) is 0 Å². The summed E-state index contributed by atoms with van der Waals surface area (Å²) in [6.07, 6.45) is 1.44. The van der Waals surface area contributed by atoms with E-state index in [9.17, 15) is 9.59 Å². The highest BCUT2D eigenvalue weighted by atomic mass is 16.6. The Bertz CT molecular complexity index is 941. The van der Waals surface area contributed by atoms with E-state index in [1.807, 2.05) is 64.1 Å². The van der Waals surface area contributed by atoms with Crippen LogP contribution >= 0.6 is 0 Å². The van der Waals surface area contributed by atoms with E-state index in [2.05, 4.69) is 11.4 Å². The molecular formula is C26H34N2O4. The van der Waals surface area contributed by atoms with Gasteiger partial charge in [0.2, 0.25) is 11.8 Å². The first-order valence-corrected chi connectivity index (χ1v) is 11.4. The lowest BCUT2D eigenvalue weighted by Crippen LogP contribution is -2.50. The molecule has 32 heavy (non-hydrogen) atoms. The molecule has 2 amide bonds. The molecule has 1 heterocycles. The molecule has 3 rings (SSSR count). The van der Waals surface area contributed by atoms with Gasteiger partial charge in [-0.1, -0.05) is 42.8 Å². The Kier molecular flexibility index (Phi) is 8.14. The SMILES string of the molecule is CCC(C(=O)NC(C)C)N(Cc1cccc(C)c1)C(=O)CCc1ccc2c(c1)OCCO2. The maximum absolute atomic E-state index is 13.4. The van der Waals surface area contributed by atoms with Gasteiger partial charge in [-0.15, -0.1) is 0 Å². The molecule has 0 bridgehead atoms. The maximum Gasteiger partial charge on any atom is 0.243 e. The summed E-state index contributed by atoms with van der Waals surface area (Å²) < 4.78 is 11.2. The van der Waals surface area contributed by atoms with Crippen LogP contribution in [0.1, 0.15) is 50.3 Å². The highest BCUT2D eigenvalue weighted by Gasteiger charge is 2.28. The Hall–Kier alpha value is -3.02. The molecule has 1 N–H and O–H groups in total. The van der Waals surface area contributed by atoms with Crippen molar-refractivity contribution >= 4 is 11.8 Å². The Labute approximate surface area is 190 Å². The van der Waals surface area contributed by atoms with Gasteiger partial charge in [0.25, 0.3) is 0 Å². The Morgan fingerprint density at radius 3 is 2.47 bits per heavy atom. The lowest BCUT2D eigenvalue weighted by atomic mass is 10.0. The first-order chi connectivity index (χ1) is 15.4. The van der Waals surface area contributed by atoms with Crippen molar-refractivity contribution in [2.45, 2.75) is 65.6 Å². The predicted octanol–water partition coefficient (Wildman–Crippen LogP) is 4.03. The van der Waals surface area contributed by atoms with Gasteiger partial charge >= 0.3 is 0 Å². The van der Waals surface area contributed by atoms with E-state index in [1.165, 1.54) is 0 Å². The maximum atomic E-state index is 13.4. The third kappa shape index (κ3) is 6.25. The van der Waals surface area contributed by atoms with Crippen molar-refractivity contribution in [3.63, 3.8) is 0 Å². The molecule has 0 aliphatic carbocycles. The van der Waals surface area contributed by atoms with E-state index in [0.29, 0.717) is 39.0 Å². The van der Waals surface area contributed by atoms with Gasteiger partial charge in [-0.05, 0) is 56.9 Å². The molecule has 0 aromatic heterocycles. The van der Waals surface area contributed by atoms with Gasteiger partial charge in [-0.2, -0.15) is 0 Å². The number of carbonyl (C=O) groups is 2. The Balaban J connectivity index is 1.76. The van der Waals surface area contributed by atoms with E-state index < -0.39 is 6.04 Å². The second-order valence-corrected chi connectivity index (χ2v) is 8.58. The lowest BCUT2D eigenvalue weighted by molar-refractivity contribution is -0.141. The molecule has 1 unspecified atom stereocenters. The summed E-state index contributed by atoms with van der Waals surface area (Å²) in [7, 11) is 0. The molecule has 0 fully saturated rings. The van der Waals surface area contributed by atoms with Crippen molar-refractivity contribution in [1.29, 1.82) is 0 Å². The smallest absolute Gasteiger partial charge is 0.243 e. The average Bonchev–Trinajstić information content (AvgIpc) is 2.76. The van der Waals surface area contributed by atoms with Crippen molar-refractivity contribution in [2.24, 2.45) is 0 Å². The van der Waals surface area contributed by atoms with Crippen LogP contribution in [0.15, 0.2) is 42.5 Å². The molecule has 172 valence electrons. The molecule has 1 aliphatic rings. The zero-order valence-corrected chi connectivity index (χ0v) is 19.5. The molecule has 1 aliphatic heterocycles. The minimum absolute atomic E-state index is 0.0187. The lowest BCUT2D eigenvalue weighted by Gasteiger charge is -2.31. The van der Waals surface area contributed by atoms with Crippen LogP contribution in [0.5, 0.6) is 11.5 Å². The van der Waals surface area contributed by atoms with Crippen LogP contribution in [0, 0.1) is 6.92 Å². The Morgan fingerprint density at radius 1 is 1.03 bits per heavy atom. The fourth-order valence-corrected chi connectivity index (χ4v) is 3.95.